The van der Waals surface area contributed by atoms with Gasteiger partial charge in [0.25, 0.3) is 0 Å². The van der Waals surface area contributed by atoms with Gasteiger partial charge in [-0.1, -0.05) is 19.9 Å². The van der Waals surface area contributed by atoms with Crippen molar-refractivity contribution in [2.45, 2.75) is 27.2 Å². The number of carboxylic acids is 1. The summed E-state index contributed by atoms with van der Waals surface area (Å²) in [5, 5.41) is 9.66. The normalized spacial score (nSPS) is 11.7. The Morgan fingerprint density at radius 1 is 1.25 bits per heavy atom. The van der Waals surface area contributed by atoms with Gasteiger partial charge in [0.15, 0.2) is 0 Å². The Bertz CT molecular complexity index is 316. The number of carbonyl (C=O) groups is 2. The maximum Gasteiger partial charge on any atom is 0.330 e. The maximum atomic E-state index is 10.7. The molecule has 0 saturated carbocycles. The van der Waals surface area contributed by atoms with E-state index in [0.29, 0.717) is 19.4 Å². The molecule has 0 aromatic heterocycles. The van der Waals surface area contributed by atoms with Crippen molar-refractivity contribution >= 4 is 12.4 Å². The van der Waals surface area contributed by atoms with Crippen molar-refractivity contribution in [1.82, 2.24) is 9.96 Å². The summed E-state index contributed by atoms with van der Waals surface area (Å²) in [6, 6.07) is 0. The van der Waals surface area contributed by atoms with Crippen LogP contribution in [0.3, 0.4) is 0 Å². The molecule has 0 aromatic rings. The number of nitrogens with zero attached hydrogens (tertiary/aromatic N) is 2. The smallest absolute Gasteiger partial charge is 0.330 e. The minimum atomic E-state index is -0.973. The number of carbonyl (C=O) groups excluding carboxylic acids is 1. The third-order valence-electron chi connectivity index (χ3n) is 2.79. The molecule has 116 valence electrons. The van der Waals surface area contributed by atoms with Crippen LogP contribution in [-0.2, 0) is 19.5 Å². The quantitative estimate of drug-likeness (QED) is 0.190. The Morgan fingerprint density at radius 3 is 2.40 bits per heavy atom. The van der Waals surface area contributed by atoms with Crippen LogP contribution in [-0.4, -0.2) is 60.2 Å². The molecule has 0 aliphatic carbocycles. The summed E-state index contributed by atoms with van der Waals surface area (Å²) in [4.78, 5) is 33.2. The van der Waals surface area contributed by atoms with E-state index in [0.717, 1.165) is 24.7 Å². The molecule has 0 atom stereocenters. The summed E-state index contributed by atoms with van der Waals surface area (Å²) in [6.07, 6.45) is 2.41. The highest BCUT2D eigenvalue weighted by Crippen LogP contribution is 1.98. The topological polar surface area (TPSA) is 79.3 Å². The average molecular weight is 288 g/mol. The van der Waals surface area contributed by atoms with Crippen LogP contribution in [0.4, 0.5) is 0 Å². The molecule has 7 heteroatoms. The molecule has 1 amide bonds. The fourth-order valence-electron chi connectivity index (χ4n) is 1.41. The molecular formula is C13H24N2O5. The molecule has 0 aliphatic rings. The van der Waals surface area contributed by atoms with Crippen LogP contribution in [0, 0.1) is 0 Å². The van der Waals surface area contributed by atoms with Crippen molar-refractivity contribution in [3.8, 4) is 0 Å². The van der Waals surface area contributed by atoms with E-state index in [1.807, 2.05) is 0 Å². The summed E-state index contributed by atoms with van der Waals surface area (Å²) >= 11 is 0. The Labute approximate surface area is 119 Å². The second-order valence-electron chi connectivity index (χ2n) is 4.15. The summed E-state index contributed by atoms with van der Waals surface area (Å²) in [7, 11) is 0. The van der Waals surface area contributed by atoms with Gasteiger partial charge in [-0.2, -0.15) is 5.06 Å². The zero-order chi connectivity index (χ0) is 15.4. The molecule has 0 bridgehead atoms. The SMILES string of the molecule is CCN(CC)CCOON(C=O)CCC=C(C)C(=O)O. The largest absolute Gasteiger partial charge is 0.478 e. The van der Waals surface area contributed by atoms with Gasteiger partial charge in [0, 0.05) is 12.1 Å². The predicted molar refractivity (Wildman–Crippen MR) is 73.6 cm³/mol. The van der Waals surface area contributed by atoms with E-state index in [-0.39, 0.29) is 12.1 Å². The lowest BCUT2D eigenvalue weighted by molar-refractivity contribution is -0.406. The van der Waals surface area contributed by atoms with Crippen LogP contribution in [0.5, 0.6) is 0 Å². The summed E-state index contributed by atoms with van der Waals surface area (Å²) < 4.78 is 0. The van der Waals surface area contributed by atoms with E-state index in [2.05, 4.69) is 18.7 Å². The van der Waals surface area contributed by atoms with Crippen LogP contribution in [0.2, 0.25) is 0 Å². The van der Waals surface area contributed by atoms with Gasteiger partial charge in [-0.05, 0) is 26.4 Å². The number of amides is 1. The van der Waals surface area contributed by atoms with Crippen molar-refractivity contribution in [3.05, 3.63) is 11.6 Å². The van der Waals surface area contributed by atoms with Gasteiger partial charge in [0.2, 0.25) is 6.41 Å². The molecule has 0 rings (SSSR count). The van der Waals surface area contributed by atoms with Gasteiger partial charge in [-0.3, -0.25) is 4.79 Å². The molecule has 0 saturated heterocycles. The molecule has 20 heavy (non-hydrogen) atoms. The lowest BCUT2D eigenvalue weighted by atomic mass is 10.2. The number of aliphatic carboxylic acids is 1. The van der Waals surface area contributed by atoms with Crippen molar-refractivity contribution in [1.29, 1.82) is 0 Å². The molecule has 7 nitrogen and oxygen atoms in total. The van der Waals surface area contributed by atoms with E-state index in [1.54, 1.807) is 0 Å². The van der Waals surface area contributed by atoms with Crippen molar-refractivity contribution in [2.24, 2.45) is 0 Å². The molecule has 0 aliphatic heterocycles. The number of likely N-dealkylation sites (N-methyl/N-ethyl adjacent to an activating group) is 1. The molecule has 0 unspecified atom stereocenters. The first-order chi connectivity index (χ1) is 9.54. The number of hydroxylamine groups is 2. The van der Waals surface area contributed by atoms with Crippen LogP contribution in [0.1, 0.15) is 27.2 Å². The highest BCUT2D eigenvalue weighted by atomic mass is 17.3. The molecule has 0 radical (unpaired) electrons. The van der Waals surface area contributed by atoms with Gasteiger partial charge >= 0.3 is 5.97 Å². The predicted octanol–water partition coefficient (Wildman–Crippen LogP) is 1.07. The molecule has 1 N–H and O–H groups in total. The van der Waals surface area contributed by atoms with Gasteiger partial charge in [-0.15, -0.1) is 4.99 Å². The van der Waals surface area contributed by atoms with E-state index in [1.165, 1.54) is 13.0 Å². The Morgan fingerprint density at radius 2 is 1.90 bits per heavy atom. The van der Waals surface area contributed by atoms with Gasteiger partial charge in [-0.25, -0.2) is 9.68 Å². The van der Waals surface area contributed by atoms with E-state index >= 15 is 0 Å². The Kier molecular flexibility index (Phi) is 10.6. The van der Waals surface area contributed by atoms with Crippen molar-refractivity contribution in [3.63, 3.8) is 0 Å². The third kappa shape index (κ3) is 8.63. The first-order valence-corrected chi connectivity index (χ1v) is 6.69. The van der Waals surface area contributed by atoms with Gasteiger partial charge in [0.1, 0.15) is 0 Å². The monoisotopic (exact) mass is 288 g/mol. The Balaban J connectivity index is 3.85. The number of hydrogen-bond donors (Lipinski definition) is 1. The van der Waals surface area contributed by atoms with Crippen molar-refractivity contribution < 1.29 is 24.6 Å². The second kappa shape index (κ2) is 11.4. The highest BCUT2D eigenvalue weighted by molar-refractivity contribution is 5.85. The molecule has 0 spiro atoms. The molecule has 0 fully saturated rings. The summed E-state index contributed by atoms with van der Waals surface area (Å²) in [5.74, 6) is -0.973. The number of carboxylic acid groups (broad SMARTS) is 1. The van der Waals surface area contributed by atoms with E-state index in [9.17, 15) is 9.59 Å². The average Bonchev–Trinajstić information content (AvgIpc) is 2.45. The minimum Gasteiger partial charge on any atom is -0.478 e. The van der Waals surface area contributed by atoms with Crippen molar-refractivity contribution in [2.75, 3.05) is 32.8 Å². The second-order valence-corrected chi connectivity index (χ2v) is 4.15. The van der Waals surface area contributed by atoms with Crippen LogP contribution in [0.15, 0.2) is 11.6 Å². The third-order valence-corrected chi connectivity index (χ3v) is 2.79. The molecular weight excluding hydrogens is 264 g/mol. The maximum absolute atomic E-state index is 10.7. The van der Waals surface area contributed by atoms with E-state index in [4.69, 9.17) is 15.0 Å². The number of rotatable bonds is 12. The first kappa shape index (κ1) is 18.6. The first-order valence-electron chi connectivity index (χ1n) is 6.69. The zero-order valence-corrected chi connectivity index (χ0v) is 12.4. The zero-order valence-electron chi connectivity index (χ0n) is 12.4. The highest BCUT2D eigenvalue weighted by Gasteiger charge is 2.05. The van der Waals surface area contributed by atoms with E-state index < -0.39 is 5.97 Å². The lowest BCUT2D eigenvalue weighted by Crippen LogP contribution is -2.29. The van der Waals surface area contributed by atoms with Gasteiger partial charge in [0.05, 0.1) is 13.2 Å². The summed E-state index contributed by atoms with van der Waals surface area (Å²) in [6.45, 7) is 8.77. The Hall–Kier alpha value is -1.44. The fraction of sp³-hybridized carbons (Fsp3) is 0.692. The van der Waals surface area contributed by atoms with Crippen LogP contribution in [0.25, 0.3) is 0 Å². The van der Waals surface area contributed by atoms with Gasteiger partial charge < -0.3 is 10.0 Å². The number of hydrogen-bond acceptors (Lipinski definition) is 5. The minimum absolute atomic E-state index is 0.235. The van der Waals surface area contributed by atoms with Crippen LogP contribution >= 0.6 is 0 Å². The summed E-state index contributed by atoms with van der Waals surface area (Å²) in [5.41, 5.74) is 0.235. The molecule has 0 heterocycles. The standard InChI is InChI=1S/C13H24N2O5/c1-4-14(5-2)9-10-19-20-15(11-16)8-6-7-12(3)13(17)18/h7,11H,4-6,8-10H2,1-3H3,(H,17,18). The lowest BCUT2D eigenvalue weighted by Gasteiger charge is -2.18. The van der Waals surface area contributed by atoms with Crippen LogP contribution < -0.4 is 0 Å². The molecule has 0 aromatic carbocycles. The fourth-order valence-corrected chi connectivity index (χ4v) is 1.41.